The summed E-state index contributed by atoms with van der Waals surface area (Å²) in [5.74, 6) is 1.47. The second-order valence-electron chi connectivity index (χ2n) is 8.14. The van der Waals surface area contributed by atoms with Gasteiger partial charge in [-0.15, -0.1) is 0 Å². The molecule has 1 aromatic carbocycles. The lowest BCUT2D eigenvalue weighted by atomic mass is 9.91. The minimum absolute atomic E-state index is 0.123. The van der Waals surface area contributed by atoms with Crippen LogP contribution in [0.15, 0.2) is 42.7 Å². The number of benzene rings is 1. The Balaban J connectivity index is 1.26. The number of rotatable bonds is 7. The molecule has 3 heterocycles. The van der Waals surface area contributed by atoms with E-state index in [1.165, 1.54) is 5.69 Å². The molecule has 166 valence electrons. The Kier molecular flexibility index (Phi) is 5.77. The van der Waals surface area contributed by atoms with Crippen LogP contribution in [0.25, 0.3) is 0 Å². The summed E-state index contributed by atoms with van der Waals surface area (Å²) in [6, 6.07) is 10.1. The molecule has 0 spiro atoms. The van der Waals surface area contributed by atoms with Crippen LogP contribution >= 0.6 is 0 Å². The molecular formula is C24H27N5O3. The molecule has 1 aliphatic carbocycles. The Morgan fingerprint density at radius 3 is 2.81 bits per heavy atom. The number of ether oxygens (including phenoxy) is 2. The van der Waals surface area contributed by atoms with Gasteiger partial charge in [-0.1, -0.05) is 6.07 Å². The Labute approximate surface area is 186 Å². The number of hydrogen-bond donors (Lipinski definition) is 2. The third kappa shape index (κ3) is 4.18. The number of hydrogen-bond acceptors (Lipinski definition) is 6. The van der Waals surface area contributed by atoms with Crippen molar-refractivity contribution in [2.45, 2.75) is 51.9 Å². The molecule has 5 rings (SSSR count). The van der Waals surface area contributed by atoms with Crippen LogP contribution in [0.5, 0.6) is 11.5 Å². The zero-order valence-corrected chi connectivity index (χ0v) is 18.1. The fourth-order valence-corrected chi connectivity index (χ4v) is 4.39. The first kappa shape index (κ1) is 20.5. The highest BCUT2D eigenvalue weighted by Gasteiger charge is 2.28. The van der Waals surface area contributed by atoms with Crippen molar-refractivity contribution >= 4 is 5.91 Å². The molecule has 2 aliphatic rings. The molecule has 8 nitrogen and oxygen atoms in total. The molecule has 0 saturated heterocycles. The molecule has 1 amide bonds. The van der Waals surface area contributed by atoms with Crippen molar-refractivity contribution in [2.75, 3.05) is 6.79 Å². The zero-order valence-electron chi connectivity index (χ0n) is 18.1. The first-order valence-corrected chi connectivity index (χ1v) is 11.1. The molecule has 1 atom stereocenters. The van der Waals surface area contributed by atoms with Gasteiger partial charge in [-0.05, 0) is 61.6 Å². The molecule has 3 aromatic rings. The molecule has 0 bridgehead atoms. The summed E-state index contributed by atoms with van der Waals surface area (Å²) >= 11 is 0. The number of aromatic nitrogens is 3. The van der Waals surface area contributed by atoms with Crippen LogP contribution in [0.3, 0.4) is 0 Å². The van der Waals surface area contributed by atoms with Crippen molar-refractivity contribution in [1.82, 2.24) is 25.4 Å². The smallest absolute Gasteiger partial charge is 0.272 e. The predicted molar refractivity (Wildman–Crippen MR) is 119 cm³/mol. The fraction of sp³-hybridized carbons (Fsp3) is 0.375. The summed E-state index contributed by atoms with van der Waals surface area (Å²) < 4.78 is 12.8. The molecule has 0 radical (unpaired) electrons. The minimum Gasteiger partial charge on any atom is -0.454 e. The van der Waals surface area contributed by atoms with E-state index in [0.717, 1.165) is 60.5 Å². The van der Waals surface area contributed by atoms with Gasteiger partial charge in [0.25, 0.3) is 5.91 Å². The van der Waals surface area contributed by atoms with E-state index in [1.807, 2.05) is 28.9 Å². The number of nitrogens with zero attached hydrogens (tertiary/aromatic N) is 3. The number of carbonyl (C=O) groups is 1. The molecule has 2 aromatic heterocycles. The number of pyridine rings is 1. The lowest BCUT2D eigenvalue weighted by Crippen LogP contribution is -2.35. The van der Waals surface area contributed by atoms with Crippen molar-refractivity contribution in [3.8, 4) is 11.5 Å². The summed E-state index contributed by atoms with van der Waals surface area (Å²) in [4.78, 5) is 17.0. The van der Waals surface area contributed by atoms with Gasteiger partial charge in [0.2, 0.25) is 6.79 Å². The van der Waals surface area contributed by atoms with E-state index >= 15 is 0 Å². The van der Waals surface area contributed by atoms with Crippen molar-refractivity contribution < 1.29 is 14.3 Å². The van der Waals surface area contributed by atoms with Crippen LogP contribution in [0.1, 0.15) is 46.2 Å². The monoisotopic (exact) mass is 433 g/mol. The SMILES string of the molecule is CCn1nc(C(=O)NCc2ccncc2)c2c1CCC(NCc1ccc3c(c1)OCO3)C2. The molecule has 0 saturated carbocycles. The van der Waals surface area contributed by atoms with Crippen LogP contribution < -0.4 is 20.1 Å². The van der Waals surface area contributed by atoms with Gasteiger partial charge in [0.1, 0.15) is 0 Å². The second-order valence-corrected chi connectivity index (χ2v) is 8.14. The minimum atomic E-state index is -0.123. The first-order chi connectivity index (χ1) is 15.7. The Bertz CT molecular complexity index is 1110. The van der Waals surface area contributed by atoms with Gasteiger partial charge >= 0.3 is 0 Å². The lowest BCUT2D eigenvalue weighted by molar-refractivity contribution is 0.0944. The molecule has 1 unspecified atom stereocenters. The summed E-state index contributed by atoms with van der Waals surface area (Å²) in [5, 5.41) is 11.3. The maximum absolute atomic E-state index is 13.0. The average Bonchev–Trinajstić information content (AvgIpc) is 3.45. The third-order valence-corrected chi connectivity index (χ3v) is 6.10. The largest absolute Gasteiger partial charge is 0.454 e. The van der Waals surface area contributed by atoms with Gasteiger partial charge in [-0.25, -0.2) is 0 Å². The summed E-state index contributed by atoms with van der Waals surface area (Å²) in [5.41, 5.74) is 4.96. The highest BCUT2D eigenvalue weighted by atomic mass is 16.7. The second kappa shape index (κ2) is 9.00. The van der Waals surface area contributed by atoms with Gasteiger partial charge in [-0.3, -0.25) is 14.5 Å². The third-order valence-electron chi connectivity index (χ3n) is 6.10. The van der Waals surface area contributed by atoms with E-state index in [0.29, 0.717) is 12.2 Å². The Morgan fingerprint density at radius 1 is 1.12 bits per heavy atom. The zero-order chi connectivity index (χ0) is 21.9. The van der Waals surface area contributed by atoms with Crippen molar-refractivity contribution in [2.24, 2.45) is 0 Å². The number of nitrogens with one attached hydrogen (secondary N) is 2. The number of amides is 1. The van der Waals surface area contributed by atoms with E-state index in [4.69, 9.17) is 9.47 Å². The Hall–Kier alpha value is -3.39. The van der Waals surface area contributed by atoms with Gasteiger partial charge in [0, 0.05) is 49.3 Å². The predicted octanol–water partition coefficient (Wildman–Crippen LogP) is 2.60. The maximum Gasteiger partial charge on any atom is 0.272 e. The van der Waals surface area contributed by atoms with Gasteiger partial charge in [-0.2, -0.15) is 5.10 Å². The van der Waals surface area contributed by atoms with Crippen LogP contribution in [0.2, 0.25) is 0 Å². The van der Waals surface area contributed by atoms with Crippen LogP contribution in [-0.4, -0.2) is 33.5 Å². The van der Waals surface area contributed by atoms with E-state index in [2.05, 4.69) is 33.7 Å². The number of carbonyl (C=O) groups excluding carboxylic acids is 1. The average molecular weight is 434 g/mol. The summed E-state index contributed by atoms with van der Waals surface area (Å²) in [6.45, 7) is 4.30. The molecule has 2 N–H and O–H groups in total. The van der Waals surface area contributed by atoms with Gasteiger partial charge in [0.05, 0.1) is 0 Å². The van der Waals surface area contributed by atoms with Crippen molar-refractivity contribution in [3.05, 3.63) is 70.8 Å². The van der Waals surface area contributed by atoms with E-state index < -0.39 is 0 Å². The molecule has 0 fully saturated rings. The Morgan fingerprint density at radius 2 is 1.97 bits per heavy atom. The highest BCUT2D eigenvalue weighted by molar-refractivity contribution is 5.94. The number of aryl methyl sites for hydroxylation is 1. The summed E-state index contributed by atoms with van der Waals surface area (Å²) in [7, 11) is 0. The van der Waals surface area contributed by atoms with Crippen LogP contribution in [0.4, 0.5) is 0 Å². The standard InChI is InChI=1S/C24H27N5O3/c1-2-29-20-5-4-18(26-14-17-3-6-21-22(11-17)32-15-31-21)12-19(20)23(28-29)24(30)27-13-16-7-9-25-10-8-16/h3,6-11,18,26H,2,4-5,12-15H2,1H3,(H,27,30). The normalized spacial score (nSPS) is 16.6. The first-order valence-electron chi connectivity index (χ1n) is 11.1. The molecular weight excluding hydrogens is 406 g/mol. The number of fused-ring (bicyclic) bond motifs is 2. The van der Waals surface area contributed by atoms with Crippen molar-refractivity contribution in [1.29, 1.82) is 0 Å². The molecule has 8 heteroatoms. The maximum atomic E-state index is 13.0. The lowest BCUT2D eigenvalue weighted by Gasteiger charge is -2.24. The van der Waals surface area contributed by atoms with Crippen molar-refractivity contribution in [3.63, 3.8) is 0 Å². The van der Waals surface area contributed by atoms with Gasteiger partial charge < -0.3 is 20.1 Å². The highest BCUT2D eigenvalue weighted by Crippen LogP contribution is 2.32. The van der Waals surface area contributed by atoms with E-state index in [9.17, 15) is 4.79 Å². The summed E-state index contributed by atoms with van der Waals surface area (Å²) in [6.07, 6.45) is 6.17. The quantitative estimate of drug-likeness (QED) is 0.595. The van der Waals surface area contributed by atoms with Gasteiger partial charge in [0.15, 0.2) is 17.2 Å². The molecule has 32 heavy (non-hydrogen) atoms. The topological polar surface area (TPSA) is 90.3 Å². The van der Waals surface area contributed by atoms with Crippen LogP contribution in [-0.2, 0) is 32.5 Å². The van der Waals surface area contributed by atoms with Crippen LogP contribution in [0, 0.1) is 0 Å². The van der Waals surface area contributed by atoms with E-state index in [-0.39, 0.29) is 18.7 Å². The fourth-order valence-electron chi connectivity index (χ4n) is 4.39. The molecule has 1 aliphatic heterocycles. The van der Waals surface area contributed by atoms with E-state index in [1.54, 1.807) is 12.4 Å².